The zero-order valence-corrected chi connectivity index (χ0v) is 9.23. The molecule has 0 aliphatic carbocycles. The van der Waals surface area contributed by atoms with Crippen molar-refractivity contribution in [3.63, 3.8) is 0 Å². The number of ketones is 1. The van der Waals surface area contributed by atoms with Gasteiger partial charge in [0.2, 0.25) is 5.91 Å². The molecule has 0 bridgehead atoms. The van der Waals surface area contributed by atoms with Gasteiger partial charge in [0, 0.05) is 19.4 Å². The van der Waals surface area contributed by atoms with Gasteiger partial charge in [-0.2, -0.15) is 0 Å². The van der Waals surface area contributed by atoms with E-state index in [0.29, 0.717) is 12.8 Å². The van der Waals surface area contributed by atoms with Gasteiger partial charge in [-0.3, -0.25) is 9.59 Å². The Balaban J connectivity index is 4.09. The number of aliphatic carboxylic acids is 1. The molecule has 0 fully saturated rings. The van der Waals surface area contributed by atoms with Crippen molar-refractivity contribution in [3.05, 3.63) is 0 Å². The first-order valence-electron chi connectivity index (χ1n) is 5.16. The van der Waals surface area contributed by atoms with Crippen molar-refractivity contribution in [3.8, 4) is 0 Å². The van der Waals surface area contributed by atoms with Crippen LogP contribution in [0.3, 0.4) is 0 Å². The van der Waals surface area contributed by atoms with Crippen LogP contribution >= 0.6 is 0 Å². The van der Waals surface area contributed by atoms with Gasteiger partial charge in [0.15, 0.2) is 0 Å². The third-order valence-corrected chi connectivity index (χ3v) is 1.94. The van der Waals surface area contributed by atoms with Crippen molar-refractivity contribution in [2.75, 3.05) is 6.61 Å². The van der Waals surface area contributed by atoms with Crippen molar-refractivity contribution in [2.24, 2.45) is 0 Å². The van der Waals surface area contributed by atoms with Crippen molar-refractivity contribution in [1.29, 1.82) is 0 Å². The molecule has 1 unspecified atom stereocenters. The highest BCUT2D eigenvalue weighted by Gasteiger charge is 2.20. The number of hydrogen-bond acceptors (Lipinski definition) is 4. The zero-order chi connectivity index (χ0) is 12.6. The van der Waals surface area contributed by atoms with Gasteiger partial charge in [-0.25, -0.2) is 4.79 Å². The number of amides is 1. The lowest BCUT2D eigenvalue weighted by atomic mass is 10.1. The molecule has 0 aromatic heterocycles. The lowest BCUT2D eigenvalue weighted by Gasteiger charge is -2.12. The minimum Gasteiger partial charge on any atom is -0.480 e. The normalized spacial score (nSPS) is 11.9. The van der Waals surface area contributed by atoms with Gasteiger partial charge in [0.1, 0.15) is 11.8 Å². The first-order valence-corrected chi connectivity index (χ1v) is 5.16. The number of hydrogen-bond donors (Lipinski definition) is 3. The molecule has 16 heavy (non-hydrogen) atoms. The van der Waals surface area contributed by atoms with Crippen molar-refractivity contribution in [2.45, 2.75) is 38.6 Å². The van der Waals surface area contributed by atoms with Crippen LogP contribution in [0, 0.1) is 0 Å². The average Bonchev–Trinajstić information content (AvgIpc) is 2.16. The summed E-state index contributed by atoms with van der Waals surface area (Å²) in [6.45, 7) is 1.49. The van der Waals surface area contributed by atoms with Crippen LogP contribution in [0.15, 0.2) is 0 Å². The molecule has 1 amide bonds. The second-order valence-corrected chi connectivity index (χ2v) is 3.44. The number of carboxylic acids is 1. The quantitative estimate of drug-likeness (QED) is 0.497. The van der Waals surface area contributed by atoms with E-state index >= 15 is 0 Å². The Morgan fingerprint density at radius 2 is 1.94 bits per heavy atom. The molecule has 0 rings (SSSR count). The fourth-order valence-electron chi connectivity index (χ4n) is 1.18. The summed E-state index contributed by atoms with van der Waals surface area (Å²) in [6, 6.07) is -1.13. The molecule has 6 nitrogen and oxygen atoms in total. The van der Waals surface area contributed by atoms with E-state index < -0.39 is 17.9 Å². The number of Topliss-reactive ketones (excluding diaryl/α,β-unsaturated/α-hetero) is 1. The highest BCUT2D eigenvalue weighted by atomic mass is 16.4. The SMILES string of the molecule is CCCC(=O)CC(=O)NC(CCO)C(=O)O. The minimum absolute atomic E-state index is 0.0664. The molecule has 0 saturated heterocycles. The Morgan fingerprint density at radius 3 is 2.38 bits per heavy atom. The Morgan fingerprint density at radius 1 is 1.31 bits per heavy atom. The smallest absolute Gasteiger partial charge is 0.326 e. The summed E-state index contributed by atoms with van der Waals surface area (Å²) in [5, 5.41) is 19.5. The number of carbonyl (C=O) groups is 3. The first-order chi connectivity index (χ1) is 7.51. The summed E-state index contributed by atoms with van der Waals surface area (Å²) in [5.74, 6) is -2.04. The lowest BCUT2D eigenvalue weighted by Crippen LogP contribution is -2.42. The molecule has 0 radical (unpaired) electrons. The van der Waals surface area contributed by atoms with Gasteiger partial charge >= 0.3 is 5.97 Å². The molecule has 0 heterocycles. The van der Waals surface area contributed by atoms with E-state index in [9.17, 15) is 14.4 Å². The molecule has 0 saturated carbocycles. The van der Waals surface area contributed by atoms with E-state index in [2.05, 4.69) is 5.32 Å². The minimum atomic E-state index is -1.22. The predicted octanol–water partition coefficient (Wildman–Crippen LogP) is -0.302. The molecular weight excluding hydrogens is 214 g/mol. The predicted molar refractivity (Wildman–Crippen MR) is 55.8 cm³/mol. The van der Waals surface area contributed by atoms with Crippen molar-refractivity contribution < 1.29 is 24.6 Å². The van der Waals surface area contributed by atoms with E-state index in [0.717, 1.165) is 0 Å². The third-order valence-electron chi connectivity index (χ3n) is 1.94. The maximum Gasteiger partial charge on any atom is 0.326 e. The van der Waals surface area contributed by atoms with Crippen LogP contribution in [0.5, 0.6) is 0 Å². The van der Waals surface area contributed by atoms with Crippen LogP contribution in [-0.4, -0.2) is 40.5 Å². The Kier molecular flexibility index (Phi) is 7.11. The van der Waals surface area contributed by atoms with E-state index in [4.69, 9.17) is 10.2 Å². The second kappa shape index (κ2) is 7.81. The van der Waals surface area contributed by atoms with Crippen LogP contribution in [0.25, 0.3) is 0 Å². The summed E-state index contributed by atoms with van der Waals surface area (Å²) in [4.78, 5) is 33.0. The molecule has 3 N–H and O–H groups in total. The maximum atomic E-state index is 11.2. The maximum absolute atomic E-state index is 11.2. The summed E-state index contributed by atoms with van der Waals surface area (Å²) >= 11 is 0. The molecule has 0 aliphatic heterocycles. The molecule has 6 heteroatoms. The topological polar surface area (TPSA) is 104 Å². The van der Waals surface area contributed by atoms with Gasteiger partial charge in [0.05, 0.1) is 6.42 Å². The summed E-state index contributed by atoms with van der Waals surface area (Å²) in [7, 11) is 0. The summed E-state index contributed by atoms with van der Waals surface area (Å²) in [6.07, 6.45) is 0.600. The van der Waals surface area contributed by atoms with Crippen LogP contribution in [-0.2, 0) is 14.4 Å². The molecule has 0 aliphatic rings. The zero-order valence-electron chi connectivity index (χ0n) is 9.23. The fraction of sp³-hybridized carbons (Fsp3) is 0.700. The van der Waals surface area contributed by atoms with Crippen LogP contribution in [0.2, 0.25) is 0 Å². The van der Waals surface area contributed by atoms with Gasteiger partial charge < -0.3 is 15.5 Å². The van der Waals surface area contributed by atoms with Crippen LogP contribution in [0.4, 0.5) is 0 Å². The Bertz CT molecular complexity index is 264. The third kappa shape index (κ3) is 6.13. The lowest BCUT2D eigenvalue weighted by molar-refractivity contribution is -0.143. The van der Waals surface area contributed by atoms with Gasteiger partial charge in [-0.1, -0.05) is 6.92 Å². The monoisotopic (exact) mass is 231 g/mol. The van der Waals surface area contributed by atoms with E-state index in [1.165, 1.54) is 0 Å². The van der Waals surface area contributed by atoms with Crippen LogP contribution in [0.1, 0.15) is 32.6 Å². The van der Waals surface area contributed by atoms with Gasteiger partial charge in [-0.15, -0.1) is 0 Å². The van der Waals surface area contributed by atoms with E-state index in [1.54, 1.807) is 0 Å². The standard InChI is InChI=1S/C10H17NO5/c1-2-3-7(13)6-9(14)11-8(4-5-12)10(15)16/h8,12H,2-6H2,1H3,(H,11,14)(H,15,16). The van der Waals surface area contributed by atoms with Crippen LogP contribution < -0.4 is 5.32 Å². The van der Waals surface area contributed by atoms with Crippen molar-refractivity contribution in [1.82, 2.24) is 5.32 Å². The largest absolute Gasteiger partial charge is 0.480 e. The first kappa shape index (κ1) is 14.6. The highest BCUT2D eigenvalue weighted by Crippen LogP contribution is 1.97. The molecule has 92 valence electrons. The van der Waals surface area contributed by atoms with E-state index in [1.807, 2.05) is 6.92 Å². The Labute approximate surface area is 93.6 Å². The average molecular weight is 231 g/mol. The van der Waals surface area contributed by atoms with Gasteiger partial charge in [-0.05, 0) is 6.42 Å². The number of nitrogens with one attached hydrogen (secondary N) is 1. The number of aliphatic hydroxyl groups excluding tert-OH is 1. The van der Waals surface area contributed by atoms with Crippen molar-refractivity contribution >= 4 is 17.7 Å². The summed E-state index contributed by atoms with van der Waals surface area (Å²) < 4.78 is 0. The molecule has 0 spiro atoms. The fourth-order valence-corrected chi connectivity index (χ4v) is 1.18. The van der Waals surface area contributed by atoms with E-state index in [-0.39, 0.29) is 25.2 Å². The molecular formula is C10H17NO5. The summed E-state index contributed by atoms with van der Waals surface area (Å²) in [5.41, 5.74) is 0. The highest BCUT2D eigenvalue weighted by molar-refractivity contribution is 5.99. The second-order valence-electron chi connectivity index (χ2n) is 3.44. The number of aliphatic hydroxyl groups is 1. The van der Waals surface area contributed by atoms with Gasteiger partial charge in [0.25, 0.3) is 0 Å². The number of carbonyl (C=O) groups excluding carboxylic acids is 2. The Hall–Kier alpha value is -1.43. The molecule has 0 aromatic carbocycles. The number of rotatable bonds is 8. The number of carboxylic acid groups (broad SMARTS) is 1. The molecule has 1 atom stereocenters. The molecule has 0 aromatic rings.